The fourth-order valence-electron chi connectivity index (χ4n) is 3.16. The Bertz CT molecular complexity index is 737. The molecule has 134 valence electrons. The molecule has 0 aliphatic carbocycles. The zero-order valence-corrected chi connectivity index (χ0v) is 15.4. The van der Waals surface area contributed by atoms with Gasteiger partial charge in [0, 0.05) is 10.6 Å². The summed E-state index contributed by atoms with van der Waals surface area (Å²) in [6.45, 7) is 5.89. The third-order valence-corrected chi connectivity index (χ3v) is 4.84. The average Bonchev–Trinajstić information content (AvgIpc) is 3.07. The van der Waals surface area contributed by atoms with E-state index in [1.54, 1.807) is 6.20 Å². The highest BCUT2D eigenvalue weighted by Gasteiger charge is 2.25. The summed E-state index contributed by atoms with van der Waals surface area (Å²) >= 11 is 6.23. The maximum Gasteiger partial charge on any atom is 0.273 e. The van der Waals surface area contributed by atoms with Crippen molar-refractivity contribution in [3.05, 3.63) is 46.7 Å². The van der Waals surface area contributed by atoms with Gasteiger partial charge >= 0.3 is 0 Å². The van der Waals surface area contributed by atoms with Crippen molar-refractivity contribution >= 4 is 17.5 Å². The molecule has 25 heavy (non-hydrogen) atoms. The number of amides is 1. The van der Waals surface area contributed by atoms with Crippen LogP contribution in [-0.4, -0.2) is 39.5 Å². The van der Waals surface area contributed by atoms with Gasteiger partial charge in [0.25, 0.3) is 5.91 Å². The third kappa shape index (κ3) is 4.58. The van der Waals surface area contributed by atoms with Gasteiger partial charge in [0.05, 0.1) is 12.2 Å². The number of aromatic nitrogens is 3. The van der Waals surface area contributed by atoms with E-state index in [1.165, 1.54) is 0 Å². The molecule has 1 amide bonds. The van der Waals surface area contributed by atoms with Crippen LogP contribution in [0.25, 0.3) is 0 Å². The second kappa shape index (κ2) is 7.54. The minimum absolute atomic E-state index is 0.211. The molecule has 2 aromatic rings. The molecule has 0 spiro atoms. The van der Waals surface area contributed by atoms with Crippen LogP contribution in [0.15, 0.2) is 30.5 Å². The lowest BCUT2D eigenvalue weighted by Crippen LogP contribution is -2.45. The quantitative estimate of drug-likeness (QED) is 0.858. The average molecular weight is 362 g/mol. The fourth-order valence-corrected chi connectivity index (χ4v) is 3.37. The van der Waals surface area contributed by atoms with Gasteiger partial charge in [-0.15, -0.1) is 5.10 Å². The van der Waals surface area contributed by atoms with E-state index in [0.29, 0.717) is 23.2 Å². The Morgan fingerprint density at radius 3 is 2.80 bits per heavy atom. The summed E-state index contributed by atoms with van der Waals surface area (Å²) < 4.78 is 1.82. The molecule has 0 saturated carbocycles. The first-order chi connectivity index (χ1) is 11.9. The van der Waals surface area contributed by atoms with E-state index in [2.05, 4.69) is 20.9 Å². The Morgan fingerprint density at radius 1 is 1.36 bits per heavy atom. The number of carbonyl (C=O) groups is 1. The van der Waals surface area contributed by atoms with Crippen LogP contribution in [0.5, 0.6) is 0 Å². The minimum atomic E-state index is -0.444. The van der Waals surface area contributed by atoms with Gasteiger partial charge in [-0.25, -0.2) is 4.68 Å². The first kappa shape index (κ1) is 17.9. The van der Waals surface area contributed by atoms with Crippen molar-refractivity contribution in [1.82, 2.24) is 25.6 Å². The van der Waals surface area contributed by atoms with E-state index in [9.17, 15) is 4.79 Å². The fraction of sp³-hybridized carbons (Fsp3) is 0.500. The summed E-state index contributed by atoms with van der Waals surface area (Å²) in [5.74, 6) is -0.211. The van der Waals surface area contributed by atoms with Gasteiger partial charge in [0.15, 0.2) is 5.69 Å². The first-order valence-electron chi connectivity index (χ1n) is 8.63. The zero-order chi connectivity index (χ0) is 17.9. The van der Waals surface area contributed by atoms with E-state index < -0.39 is 5.54 Å². The molecule has 2 N–H and O–H groups in total. The van der Waals surface area contributed by atoms with Gasteiger partial charge in [-0.05, 0) is 57.8 Å². The third-order valence-electron chi connectivity index (χ3n) is 4.47. The van der Waals surface area contributed by atoms with E-state index >= 15 is 0 Å². The molecule has 0 unspecified atom stereocenters. The van der Waals surface area contributed by atoms with Crippen molar-refractivity contribution in [2.24, 2.45) is 0 Å². The number of rotatable bonds is 5. The number of nitrogens with zero attached hydrogens (tertiary/aromatic N) is 3. The van der Waals surface area contributed by atoms with Crippen molar-refractivity contribution in [3.63, 3.8) is 0 Å². The SMILES string of the molecule is CC(C)(Cc1ccccc1Cl)NC(=O)c1cn(C2CCNCC2)nn1. The lowest BCUT2D eigenvalue weighted by atomic mass is 9.94. The maximum absolute atomic E-state index is 12.6. The highest BCUT2D eigenvalue weighted by molar-refractivity contribution is 6.31. The molecule has 1 aliphatic rings. The molecule has 1 fully saturated rings. The number of carbonyl (C=O) groups excluding carboxylic acids is 1. The Balaban J connectivity index is 1.65. The Hall–Kier alpha value is -1.92. The molecule has 7 heteroatoms. The highest BCUT2D eigenvalue weighted by atomic mass is 35.5. The van der Waals surface area contributed by atoms with Gasteiger partial charge in [-0.3, -0.25) is 4.79 Å². The summed E-state index contributed by atoms with van der Waals surface area (Å²) in [6, 6.07) is 8.00. The molecule has 6 nitrogen and oxygen atoms in total. The van der Waals surface area contributed by atoms with Crippen LogP contribution in [0, 0.1) is 0 Å². The van der Waals surface area contributed by atoms with Crippen LogP contribution in [0.3, 0.4) is 0 Å². The van der Waals surface area contributed by atoms with Gasteiger partial charge in [-0.1, -0.05) is 35.0 Å². The van der Waals surface area contributed by atoms with Crippen LogP contribution >= 0.6 is 11.6 Å². The maximum atomic E-state index is 12.6. The molecule has 0 bridgehead atoms. The number of hydrogen-bond acceptors (Lipinski definition) is 4. The summed E-state index contributed by atoms with van der Waals surface area (Å²) in [5, 5.41) is 15.3. The lowest BCUT2D eigenvalue weighted by molar-refractivity contribution is 0.0907. The van der Waals surface area contributed by atoms with E-state index in [-0.39, 0.29) is 5.91 Å². The molecule has 3 rings (SSSR count). The molecule has 1 aromatic heterocycles. The second-order valence-electron chi connectivity index (χ2n) is 7.17. The summed E-state index contributed by atoms with van der Waals surface area (Å²) in [7, 11) is 0. The van der Waals surface area contributed by atoms with E-state index in [4.69, 9.17) is 11.6 Å². The van der Waals surface area contributed by atoms with Gasteiger partial charge < -0.3 is 10.6 Å². The van der Waals surface area contributed by atoms with Gasteiger partial charge in [-0.2, -0.15) is 0 Å². The van der Waals surface area contributed by atoms with Crippen molar-refractivity contribution in [2.75, 3.05) is 13.1 Å². The normalized spacial score (nSPS) is 16.0. The Kier molecular flexibility index (Phi) is 5.39. The second-order valence-corrected chi connectivity index (χ2v) is 7.58. The number of benzene rings is 1. The number of hydrogen-bond donors (Lipinski definition) is 2. The van der Waals surface area contributed by atoms with Crippen LogP contribution in [0.1, 0.15) is 48.8 Å². The molecule has 1 aliphatic heterocycles. The standard InChI is InChI=1S/C18H24ClN5O/c1-18(2,11-13-5-3-4-6-15(13)19)21-17(25)16-12-24(23-22-16)14-7-9-20-10-8-14/h3-6,12,14,20H,7-11H2,1-2H3,(H,21,25). The molecule has 1 saturated heterocycles. The van der Waals surface area contributed by atoms with Crippen molar-refractivity contribution < 1.29 is 4.79 Å². The van der Waals surface area contributed by atoms with Crippen molar-refractivity contribution in [2.45, 2.75) is 44.7 Å². The molecule has 1 aromatic carbocycles. The number of nitrogens with one attached hydrogen (secondary N) is 2. The minimum Gasteiger partial charge on any atom is -0.345 e. The monoisotopic (exact) mass is 361 g/mol. The topological polar surface area (TPSA) is 71.8 Å². The predicted molar refractivity (Wildman–Crippen MR) is 97.9 cm³/mol. The van der Waals surface area contributed by atoms with E-state index in [1.807, 2.05) is 42.8 Å². The Morgan fingerprint density at radius 2 is 2.08 bits per heavy atom. The van der Waals surface area contributed by atoms with Gasteiger partial charge in [0.1, 0.15) is 0 Å². The summed E-state index contributed by atoms with van der Waals surface area (Å²) in [4.78, 5) is 12.6. The summed E-state index contributed by atoms with van der Waals surface area (Å²) in [5.41, 5.74) is 0.916. The number of piperidine rings is 1. The molecular formula is C18H24ClN5O. The smallest absolute Gasteiger partial charge is 0.273 e. The largest absolute Gasteiger partial charge is 0.345 e. The molecule has 0 radical (unpaired) electrons. The molecular weight excluding hydrogens is 338 g/mol. The van der Waals surface area contributed by atoms with Crippen LogP contribution < -0.4 is 10.6 Å². The Labute approximate surface area is 152 Å². The predicted octanol–water partition coefficient (Wildman–Crippen LogP) is 2.61. The first-order valence-corrected chi connectivity index (χ1v) is 9.01. The number of halogens is 1. The van der Waals surface area contributed by atoms with Crippen molar-refractivity contribution in [1.29, 1.82) is 0 Å². The highest BCUT2D eigenvalue weighted by Crippen LogP contribution is 2.21. The van der Waals surface area contributed by atoms with Gasteiger partial charge in [0.2, 0.25) is 0 Å². The summed E-state index contributed by atoms with van der Waals surface area (Å²) in [6.07, 6.45) is 4.39. The van der Waals surface area contributed by atoms with Crippen LogP contribution in [0.4, 0.5) is 0 Å². The molecule has 2 heterocycles. The lowest BCUT2D eigenvalue weighted by Gasteiger charge is -2.26. The molecule has 0 atom stereocenters. The van der Waals surface area contributed by atoms with Crippen LogP contribution in [0.2, 0.25) is 5.02 Å². The van der Waals surface area contributed by atoms with Crippen molar-refractivity contribution in [3.8, 4) is 0 Å². The van der Waals surface area contributed by atoms with Crippen LogP contribution in [-0.2, 0) is 6.42 Å². The van der Waals surface area contributed by atoms with E-state index in [0.717, 1.165) is 31.5 Å². The zero-order valence-electron chi connectivity index (χ0n) is 14.6.